The molecule has 0 unspecified atom stereocenters. The fourth-order valence-corrected chi connectivity index (χ4v) is 3.26. The fraction of sp³-hybridized carbons (Fsp3) is 0.643. The number of nitrogens with one attached hydrogen (secondary N) is 1. The van der Waals surface area contributed by atoms with Crippen molar-refractivity contribution < 1.29 is 14.3 Å². The SMILES string of the molecule is CNC(=O)[C@@H]1COC[C@H]2CN(c3cc(OC)ncn3)C[C@H]21. The first-order valence-corrected chi connectivity index (χ1v) is 7.13. The third kappa shape index (κ3) is 2.65. The highest BCUT2D eigenvalue weighted by Gasteiger charge is 2.44. The standard InChI is InChI=1S/C14H20N4O3/c1-15-14(19)11-7-21-6-9-4-18(5-10(9)11)12-3-13(20-2)17-8-16-12/h3,8-11H,4-7H2,1-2H3,(H,15,19)/t9-,10-,11-/m1/s1. The Morgan fingerprint density at radius 1 is 1.43 bits per heavy atom. The van der Waals surface area contributed by atoms with Crippen molar-refractivity contribution in [3.63, 3.8) is 0 Å². The number of rotatable bonds is 3. The van der Waals surface area contributed by atoms with Crippen LogP contribution in [0.25, 0.3) is 0 Å². The van der Waals surface area contributed by atoms with E-state index in [0.717, 1.165) is 18.9 Å². The Labute approximate surface area is 123 Å². The summed E-state index contributed by atoms with van der Waals surface area (Å²) in [4.78, 5) is 22.5. The summed E-state index contributed by atoms with van der Waals surface area (Å²) in [7, 11) is 3.26. The second kappa shape index (κ2) is 5.85. The van der Waals surface area contributed by atoms with Crippen LogP contribution >= 0.6 is 0 Å². The number of ether oxygens (including phenoxy) is 2. The number of fused-ring (bicyclic) bond motifs is 1. The minimum atomic E-state index is -0.0810. The monoisotopic (exact) mass is 292 g/mol. The van der Waals surface area contributed by atoms with Gasteiger partial charge in [-0.15, -0.1) is 0 Å². The molecule has 0 aromatic carbocycles. The van der Waals surface area contributed by atoms with Crippen molar-refractivity contribution in [3.05, 3.63) is 12.4 Å². The highest BCUT2D eigenvalue weighted by Crippen LogP contribution is 2.36. The van der Waals surface area contributed by atoms with Gasteiger partial charge in [-0.05, 0) is 5.92 Å². The van der Waals surface area contributed by atoms with Crippen LogP contribution in [0.3, 0.4) is 0 Å². The lowest BCUT2D eigenvalue weighted by atomic mass is 9.82. The molecule has 114 valence electrons. The molecule has 7 heteroatoms. The predicted molar refractivity (Wildman–Crippen MR) is 76.2 cm³/mol. The number of nitrogens with zero attached hydrogens (tertiary/aromatic N) is 3. The molecular formula is C14H20N4O3. The molecule has 0 aliphatic carbocycles. The number of amides is 1. The normalized spacial score (nSPS) is 28.1. The molecule has 3 atom stereocenters. The van der Waals surface area contributed by atoms with Gasteiger partial charge in [-0.1, -0.05) is 0 Å². The number of carbonyl (C=O) groups is 1. The maximum absolute atomic E-state index is 12.0. The van der Waals surface area contributed by atoms with Gasteiger partial charge in [0.05, 0.1) is 26.2 Å². The summed E-state index contributed by atoms with van der Waals surface area (Å²) in [6, 6.07) is 1.83. The first kappa shape index (κ1) is 14.1. The molecule has 1 aromatic heterocycles. The third-order valence-corrected chi connectivity index (χ3v) is 4.38. The molecule has 0 bridgehead atoms. The summed E-state index contributed by atoms with van der Waals surface area (Å²) in [5.41, 5.74) is 0. The van der Waals surface area contributed by atoms with Gasteiger partial charge in [0.15, 0.2) is 0 Å². The minimum Gasteiger partial charge on any atom is -0.481 e. The second-order valence-electron chi connectivity index (χ2n) is 5.51. The molecule has 2 saturated heterocycles. The fourth-order valence-electron chi connectivity index (χ4n) is 3.26. The average molecular weight is 292 g/mol. The molecule has 2 fully saturated rings. The van der Waals surface area contributed by atoms with E-state index in [-0.39, 0.29) is 11.8 Å². The largest absolute Gasteiger partial charge is 0.481 e. The Bertz CT molecular complexity index is 525. The van der Waals surface area contributed by atoms with E-state index in [4.69, 9.17) is 9.47 Å². The molecule has 3 heterocycles. The van der Waals surface area contributed by atoms with E-state index in [0.29, 0.717) is 30.9 Å². The lowest BCUT2D eigenvalue weighted by Gasteiger charge is -2.31. The molecule has 0 spiro atoms. The Balaban J connectivity index is 1.77. The summed E-state index contributed by atoms with van der Waals surface area (Å²) in [6.45, 7) is 2.86. The minimum absolute atomic E-state index is 0.0619. The number of carbonyl (C=O) groups excluding carboxylic acids is 1. The van der Waals surface area contributed by atoms with Crippen LogP contribution in [0, 0.1) is 17.8 Å². The van der Waals surface area contributed by atoms with Gasteiger partial charge in [0.1, 0.15) is 12.1 Å². The number of methoxy groups -OCH3 is 1. The second-order valence-corrected chi connectivity index (χ2v) is 5.51. The van der Waals surface area contributed by atoms with Gasteiger partial charge in [-0.2, -0.15) is 0 Å². The Kier molecular flexibility index (Phi) is 3.92. The van der Waals surface area contributed by atoms with Gasteiger partial charge < -0.3 is 19.7 Å². The first-order chi connectivity index (χ1) is 10.2. The quantitative estimate of drug-likeness (QED) is 0.840. The van der Waals surface area contributed by atoms with Gasteiger partial charge in [0.25, 0.3) is 0 Å². The molecular weight excluding hydrogens is 272 g/mol. The zero-order valence-corrected chi connectivity index (χ0v) is 12.3. The number of aromatic nitrogens is 2. The van der Waals surface area contributed by atoms with Gasteiger partial charge in [-0.25, -0.2) is 9.97 Å². The van der Waals surface area contributed by atoms with E-state index in [1.807, 2.05) is 6.07 Å². The van der Waals surface area contributed by atoms with Crippen LogP contribution in [0.2, 0.25) is 0 Å². The molecule has 3 rings (SSSR count). The highest BCUT2D eigenvalue weighted by atomic mass is 16.5. The third-order valence-electron chi connectivity index (χ3n) is 4.38. The van der Waals surface area contributed by atoms with Crippen molar-refractivity contribution in [2.75, 3.05) is 45.4 Å². The van der Waals surface area contributed by atoms with Crippen molar-refractivity contribution in [2.45, 2.75) is 0 Å². The van der Waals surface area contributed by atoms with Crippen molar-refractivity contribution in [1.29, 1.82) is 0 Å². The summed E-state index contributed by atoms with van der Waals surface area (Å²) in [6.07, 6.45) is 1.50. The van der Waals surface area contributed by atoms with Crippen molar-refractivity contribution in [3.8, 4) is 5.88 Å². The maximum atomic E-state index is 12.0. The lowest BCUT2D eigenvalue weighted by Crippen LogP contribution is -2.43. The van der Waals surface area contributed by atoms with Crippen LogP contribution in [0.1, 0.15) is 0 Å². The number of hydrogen-bond donors (Lipinski definition) is 1. The molecule has 2 aliphatic rings. The Morgan fingerprint density at radius 2 is 2.29 bits per heavy atom. The molecule has 0 radical (unpaired) electrons. The average Bonchev–Trinajstić information content (AvgIpc) is 2.98. The van der Waals surface area contributed by atoms with Crippen LogP contribution in [-0.4, -0.2) is 56.3 Å². The molecule has 0 saturated carbocycles. The van der Waals surface area contributed by atoms with Gasteiger partial charge in [0.2, 0.25) is 11.8 Å². The molecule has 21 heavy (non-hydrogen) atoms. The molecule has 7 nitrogen and oxygen atoms in total. The summed E-state index contributed by atoms with van der Waals surface area (Å²) in [5.74, 6) is 2.04. The summed E-state index contributed by atoms with van der Waals surface area (Å²) >= 11 is 0. The zero-order chi connectivity index (χ0) is 14.8. The van der Waals surface area contributed by atoms with Gasteiger partial charge >= 0.3 is 0 Å². The van der Waals surface area contributed by atoms with Crippen molar-refractivity contribution in [1.82, 2.24) is 15.3 Å². The van der Waals surface area contributed by atoms with Crippen LogP contribution < -0.4 is 15.0 Å². The summed E-state index contributed by atoms with van der Waals surface area (Å²) < 4.78 is 10.7. The van der Waals surface area contributed by atoms with E-state index in [1.165, 1.54) is 6.33 Å². The van der Waals surface area contributed by atoms with Crippen LogP contribution in [-0.2, 0) is 9.53 Å². The molecule has 1 N–H and O–H groups in total. The van der Waals surface area contributed by atoms with Crippen LogP contribution in [0.15, 0.2) is 12.4 Å². The van der Waals surface area contributed by atoms with Crippen LogP contribution in [0.4, 0.5) is 5.82 Å². The lowest BCUT2D eigenvalue weighted by molar-refractivity contribution is -0.132. The Hall–Kier alpha value is -1.89. The molecule has 1 aromatic rings. The molecule has 2 aliphatic heterocycles. The van der Waals surface area contributed by atoms with Crippen molar-refractivity contribution in [2.24, 2.45) is 17.8 Å². The number of hydrogen-bond acceptors (Lipinski definition) is 6. The van der Waals surface area contributed by atoms with E-state index in [1.54, 1.807) is 14.2 Å². The van der Waals surface area contributed by atoms with E-state index in [2.05, 4.69) is 20.2 Å². The van der Waals surface area contributed by atoms with Gasteiger partial charge in [0, 0.05) is 32.1 Å². The number of anilines is 1. The topological polar surface area (TPSA) is 76.6 Å². The highest BCUT2D eigenvalue weighted by molar-refractivity contribution is 5.79. The first-order valence-electron chi connectivity index (χ1n) is 7.13. The summed E-state index contributed by atoms with van der Waals surface area (Å²) in [5, 5.41) is 2.74. The van der Waals surface area contributed by atoms with E-state index in [9.17, 15) is 4.79 Å². The smallest absolute Gasteiger partial charge is 0.225 e. The van der Waals surface area contributed by atoms with Crippen molar-refractivity contribution >= 4 is 11.7 Å². The Morgan fingerprint density at radius 3 is 3.05 bits per heavy atom. The molecule has 1 amide bonds. The van der Waals surface area contributed by atoms with Crippen LogP contribution in [0.5, 0.6) is 5.88 Å². The zero-order valence-electron chi connectivity index (χ0n) is 12.3. The van der Waals surface area contributed by atoms with E-state index < -0.39 is 0 Å². The maximum Gasteiger partial charge on any atom is 0.225 e. The van der Waals surface area contributed by atoms with E-state index >= 15 is 0 Å². The van der Waals surface area contributed by atoms with Gasteiger partial charge in [-0.3, -0.25) is 4.79 Å². The predicted octanol–water partition coefficient (Wildman–Crippen LogP) is -0.0700.